The molecule has 2 aromatic carbocycles. The lowest BCUT2D eigenvalue weighted by atomic mass is 10.1. The van der Waals surface area contributed by atoms with Crippen LogP contribution in [0.3, 0.4) is 0 Å². The molecule has 3 rings (SSSR count). The van der Waals surface area contributed by atoms with Crippen molar-refractivity contribution in [2.45, 2.75) is 25.7 Å². The Bertz CT molecular complexity index is 1180. The number of ether oxygens (including phenoxy) is 1. The smallest absolute Gasteiger partial charge is 0.272 e. The lowest BCUT2D eigenvalue weighted by molar-refractivity contribution is 0.102. The molecule has 1 aromatic heterocycles. The molecular weight excluding hydrogens is 390 g/mol. The van der Waals surface area contributed by atoms with Gasteiger partial charge in [0.1, 0.15) is 16.3 Å². The molecule has 0 radical (unpaired) electrons. The van der Waals surface area contributed by atoms with Gasteiger partial charge in [0.15, 0.2) is 0 Å². The second-order valence-electron chi connectivity index (χ2n) is 7.06. The number of benzene rings is 2. The predicted octanol–water partition coefficient (Wildman–Crippen LogP) is 3.69. The summed E-state index contributed by atoms with van der Waals surface area (Å²) in [4.78, 5) is 15.9. The Morgan fingerprint density at radius 3 is 2.52 bits per heavy atom. The predicted molar refractivity (Wildman–Crippen MR) is 114 cm³/mol. The van der Waals surface area contributed by atoms with Crippen LogP contribution in [-0.4, -0.2) is 44.3 Å². The maximum absolute atomic E-state index is 12.8. The summed E-state index contributed by atoms with van der Waals surface area (Å²) in [6.45, 7) is 6.10. The maximum atomic E-state index is 12.8. The quantitative estimate of drug-likeness (QED) is 0.642. The van der Waals surface area contributed by atoms with Crippen molar-refractivity contribution in [2.24, 2.45) is 0 Å². The summed E-state index contributed by atoms with van der Waals surface area (Å²) < 4.78 is 31.9. The van der Waals surface area contributed by atoms with Crippen LogP contribution in [0.15, 0.2) is 41.3 Å². The molecule has 0 fully saturated rings. The first kappa shape index (κ1) is 20.9. The monoisotopic (exact) mass is 415 g/mol. The number of carbonyl (C=O) groups excluding carboxylic acids is 1. The molecule has 7 nitrogen and oxygen atoms in total. The second-order valence-corrected chi connectivity index (χ2v) is 9.18. The van der Waals surface area contributed by atoms with Gasteiger partial charge in [-0.05, 0) is 62.2 Å². The highest BCUT2D eigenvalue weighted by molar-refractivity contribution is 7.89. The number of nitrogens with one attached hydrogen (secondary N) is 2. The van der Waals surface area contributed by atoms with Crippen molar-refractivity contribution < 1.29 is 17.9 Å². The van der Waals surface area contributed by atoms with Crippen LogP contribution in [-0.2, 0) is 10.0 Å². The fraction of sp³-hybridized carbons (Fsp3) is 0.286. The van der Waals surface area contributed by atoms with Crippen LogP contribution in [0.2, 0.25) is 0 Å². The Morgan fingerprint density at radius 2 is 1.86 bits per heavy atom. The lowest BCUT2D eigenvalue weighted by Crippen LogP contribution is -2.23. The van der Waals surface area contributed by atoms with Gasteiger partial charge in [-0.25, -0.2) is 12.7 Å². The average molecular weight is 416 g/mol. The largest absolute Gasteiger partial charge is 0.492 e. The number of nitrogens with zero attached hydrogens (tertiary/aromatic N) is 1. The highest BCUT2D eigenvalue weighted by atomic mass is 32.2. The summed E-state index contributed by atoms with van der Waals surface area (Å²) in [5.74, 6) is -0.105. The second kappa shape index (κ2) is 7.88. The zero-order chi connectivity index (χ0) is 21.3. The molecule has 8 heteroatoms. The molecule has 29 heavy (non-hydrogen) atoms. The molecular formula is C21H25N3O4S. The molecule has 0 saturated carbocycles. The maximum Gasteiger partial charge on any atom is 0.272 e. The van der Waals surface area contributed by atoms with Gasteiger partial charge in [0, 0.05) is 30.7 Å². The van der Waals surface area contributed by atoms with Crippen molar-refractivity contribution in [3.05, 3.63) is 53.2 Å². The molecule has 0 aliphatic carbocycles. The normalized spacial score (nSPS) is 11.8. The van der Waals surface area contributed by atoms with Crippen molar-refractivity contribution in [2.75, 3.05) is 26.0 Å². The highest BCUT2D eigenvalue weighted by Gasteiger charge is 2.23. The minimum Gasteiger partial charge on any atom is -0.492 e. The van der Waals surface area contributed by atoms with E-state index in [9.17, 15) is 13.2 Å². The molecule has 0 aliphatic rings. The van der Waals surface area contributed by atoms with Gasteiger partial charge in [0.2, 0.25) is 10.0 Å². The Morgan fingerprint density at radius 1 is 1.14 bits per heavy atom. The molecule has 2 N–H and O–H groups in total. The van der Waals surface area contributed by atoms with E-state index in [1.54, 1.807) is 25.1 Å². The molecule has 0 bridgehead atoms. The number of fused-ring (bicyclic) bond motifs is 1. The van der Waals surface area contributed by atoms with Gasteiger partial charge in [-0.3, -0.25) is 4.79 Å². The number of rotatable bonds is 6. The molecule has 3 aromatic rings. The van der Waals surface area contributed by atoms with E-state index in [1.165, 1.54) is 20.2 Å². The number of hydrogen-bond donors (Lipinski definition) is 2. The van der Waals surface area contributed by atoms with Crippen molar-refractivity contribution in [3.8, 4) is 5.75 Å². The van der Waals surface area contributed by atoms with Gasteiger partial charge in [-0.15, -0.1) is 0 Å². The molecule has 0 unspecified atom stereocenters. The van der Waals surface area contributed by atoms with Crippen LogP contribution < -0.4 is 10.1 Å². The summed E-state index contributed by atoms with van der Waals surface area (Å²) in [5, 5.41) is 3.74. The first-order valence-corrected chi connectivity index (χ1v) is 10.7. The summed E-state index contributed by atoms with van der Waals surface area (Å²) in [6.07, 6.45) is 0. The van der Waals surface area contributed by atoms with E-state index in [2.05, 4.69) is 16.4 Å². The van der Waals surface area contributed by atoms with Crippen LogP contribution in [0, 0.1) is 13.8 Å². The Labute approximate surface area is 170 Å². The van der Waals surface area contributed by atoms with Gasteiger partial charge < -0.3 is 15.0 Å². The topological polar surface area (TPSA) is 91.5 Å². The number of hydrogen-bond acceptors (Lipinski definition) is 4. The van der Waals surface area contributed by atoms with E-state index in [1.807, 2.05) is 19.9 Å². The molecule has 0 atom stereocenters. The van der Waals surface area contributed by atoms with Gasteiger partial charge in [0.05, 0.1) is 6.61 Å². The van der Waals surface area contributed by atoms with Crippen LogP contribution in [0.1, 0.15) is 28.5 Å². The third-order valence-electron chi connectivity index (χ3n) is 4.59. The van der Waals surface area contributed by atoms with Crippen molar-refractivity contribution >= 4 is 32.5 Å². The zero-order valence-corrected chi connectivity index (χ0v) is 18.0. The van der Waals surface area contributed by atoms with Crippen molar-refractivity contribution in [1.29, 1.82) is 0 Å². The van der Waals surface area contributed by atoms with E-state index < -0.39 is 10.0 Å². The number of sulfonamides is 1. The van der Waals surface area contributed by atoms with E-state index in [0.717, 1.165) is 26.3 Å². The van der Waals surface area contributed by atoms with E-state index in [0.29, 0.717) is 18.0 Å². The molecule has 1 heterocycles. The third-order valence-corrected chi connectivity index (χ3v) is 6.43. The molecule has 154 valence electrons. The Balaban J connectivity index is 1.96. The van der Waals surface area contributed by atoms with E-state index in [-0.39, 0.29) is 16.6 Å². The number of aryl methyl sites for hydroxylation is 2. The fourth-order valence-electron chi connectivity index (χ4n) is 3.18. The van der Waals surface area contributed by atoms with Gasteiger partial charge >= 0.3 is 0 Å². The van der Waals surface area contributed by atoms with E-state index in [4.69, 9.17) is 4.74 Å². The summed E-state index contributed by atoms with van der Waals surface area (Å²) in [5.41, 5.74) is 3.84. The number of aromatic amines is 1. The minimum atomic E-state index is -3.73. The van der Waals surface area contributed by atoms with Crippen molar-refractivity contribution in [1.82, 2.24) is 9.29 Å². The number of carbonyl (C=O) groups is 1. The molecule has 0 spiro atoms. The SMILES string of the molecule is CCOc1ccc(NC(=O)c2cc3c(C)cc(C)cc3[nH]2)cc1S(=O)(=O)N(C)C. The first-order valence-electron chi connectivity index (χ1n) is 9.24. The third kappa shape index (κ3) is 4.13. The highest BCUT2D eigenvalue weighted by Crippen LogP contribution is 2.29. The Hall–Kier alpha value is -2.84. The first-order chi connectivity index (χ1) is 13.6. The van der Waals surface area contributed by atoms with Gasteiger partial charge in [0.25, 0.3) is 5.91 Å². The molecule has 0 saturated heterocycles. The summed E-state index contributed by atoms with van der Waals surface area (Å²) in [7, 11) is -0.835. The lowest BCUT2D eigenvalue weighted by Gasteiger charge is -2.16. The average Bonchev–Trinajstić information content (AvgIpc) is 3.07. The van der Waals surface area contributed by atoms with Crippen LogP contribution >= 0.6 is 0 Å². The van der Waals surface area contributed by atoms with Crippen LogP contribution in [0.4, 0.5) is 5.69 Å². The fourth-order valence-corrected chi connectivity index (χ4v) is 4.23. The van der Waals surface area contributed by atoms with Crippen molar-refractivity contribution in [3.63, 3.8) is 0 Å². The number of anilines is 1. The Kier molecular flexibility index (Phi) is 5.68. The summed E-state index contributed by atoms with van der Waals surface area (Å²) >= 11 is 0. The van der Waals surface area contributed by atoms with Crippen LogP contribution in [0.25, 0.3) is 10.9 Å². The number of H-pyrrole nitrogens is 1. The zero-order valence-electron chi connectivity index (χ0n) is 17.2. The summed E-state index contributed by atoms with van der Waals surface area (Å²) in [6, 6.07) is 10.4. The van der Waals surface area contributed by atoms with Crippen LogP contribution in [0.5, 0.6) is 5.75 Å². The standard InChI is InChI=1S/C21H25N3O4S/c1-6-28-19-8-7-15(11-20(19)29(26,27)24(4)5)22-21(25)18-12-16-14(3)9-13(2)10-17(16)23-18/h7-12,23H,6H2,1-5H3,(H,22,25). The van der Waals surface area contributed by atoms with Gasteiger partial charge in [-0.1, -0.05) is 6.07 Å². The minimum absolute atomic E-state index is 0.00488. The van der Waals surface area contributed by atoms with Gasteiger partial charge in [-0.2, -0.15) is 0 Å². The molecule has 1 amide bonds. The number of aromatic nitrogens is 1. The van der Waals surface area contributed by atoms with E-state index >= 15 is 0 Å². The number of amides is 1. The molecule has 0 aliphatic heterocycles.